The summed E-state index contributed by atoms with van der Waals surface area (Å²) in [5, 5.41) is 1.36. The molecular weight excluding hydrogens is 272 g/mol. The van der Waals surface area contributed by atoms with Gasteiger partial charge in [-0.05, 0) is 43.9 Å². The second kappa shape index (κ2) is 5.68. The topological polar surface area (TPSA) is 35.5 Å². The summed E-state index contributed by atoms with van der Waals surface area (Å²) in [6.45, 7) is 0. The molecule has 3 nitrogen and oxygen atoms in total. The number of methoxy groups -OCH3 is 2. The summed E-state index contributed by atoms with van der Waals surface area (Å²) in [6.07, 6.45) is 4.57. The molecule has 2 aliphatic heterocycles. The number of rotatable bonds is 4. The van der Waals surface area contributed by atoms with Gasteiger partial charge in [0.15, 0.2) is 5.78 Å². The van der Waals surface area contributed by atoms with Gasteiger partial charge in [-0.3, -0.25) is 4.79 Å². The lowest BCUT2D eigenvalue weighted by molar-refractivity contribution is 0.0903. The third-order valence-corrected chi connectivity index (χ3v) is 5.96. The Morgan fingerprint density at radius 3 is 2.45 bits per heavy atom. The fourth-order valence-electron chi connectivity index (χ4n) is 3.30. The predicted molar refractivity (Wildman–Crippen MR) is 81.0 cm³/mol. The molecule has 2 aliphatic rings. The van der Waals surface area contributed by atoms with Crippen molar-refractivity contribution in [3.8, 4) is 11.5 Å². The van der Waals surface area contributed by atoms with Crippen molar-refractivity contribution in [3.63, 3.8) is 0 Å². The average Bonchev–Trinajstić information content (AvgIpc) is 2.84. The molecule has 0 spiro atoms. The highest BCUT2D eigenvalue weighted by Gasteiger charge is 2.38. The second-order valence-corrected chi connectivity index (χ2v) is 7.16. The highest BCUT2D eigenvalue weighted by atomic mass is 32.2. The Labute approximate surface area is 124 Å². The van der Waals surface area contributed by atoms with Crippen LogP contribution in [-0.4, -0.2) is 30.5 Å². The number of ketones is 1. The van der Waals surface area contributed by atoms with Gasteiger partial charge >= 0.3 is 0 Å². The highest BCUT2D eigenvalue weighted by molar-refractivity contribution is 8.00. The van der Waals surface area contributed by atoms with Gasteiger partial charge in [-0.1, -0.05) is 0 Å². The van der Waals surface area contributed by atoms with Crippen molar-refractivity contribution in [2.75, 3.05) is 14.2 Å². The number of thioether (sulfide) groups is 1. The van der Waals surface area contributed by atoms with E-state index >= 15 is 0 Å². The zero-order valence-corrected chi connectivity index (χ0v) is 12.7. The summed E-state index contributed by atoms with van der Waals surface area (Å²) < 4.78 is 10.6. The van der Waals surface area contributed by atoms with Crippen LogP contribution >= 0.6 is 11.8 Å². The molecule has 0 amide bonds. The molecule has 0 N–H and O–H groups in total. The van der Waals surface area contributed by atoms with E-state index in [1.54, 1.807) is 14.2 Å². The second-order valence-electron chi connectivity index (χ2n) is 5.56. The molecule has 2 fully saturated rings. The molecule has 2 unspecified atom stereocenters. The average molecular weight is 292 g/mol. The molecule has 0 saturated carbocycles. The van der Waals surface area contributed by atoms with Crippen molar-refractivity contribution in [3.05, 3.63) is 23.8 Å². The van der Waals surface area contributed by atoms with Gasteiger partial charge in [0.25, 0.3) is 0 Å². The van der Waals surface area contributed by atoms with Crippen LogP contribution in [0.3, 0.4) is 0 Å². The Kier molecular flexibility index (Phi) is 3.92. The number of Topliss-reactive ketones (excluding diaryl/α,β-unsaturated/α-hetero) is 1. The van der Waals surface area contributed by atoms with Crippen LogP contribution in [0.1, 0.15) is 36.0 Å². The Morgan fingerprint density at radius 2 is 1.85 bits per heavy atom. The standard InChI is InChI=1S/C16H20O3S/c1-18-11-3-6-15(19-2)14(9-11)16(17)10-7-12-4-5-13(8-10)20-12/h3,6,9-10,12-13H,4-5,7-8H2,1-2H3. The first-order valence-electron chi connectivity index (χ1n) is 7.13. The summed E-state index contributed by atoms with van der Waals surface area (Å²) in [7, 11) is 3.23. The Balaban J connectivity index is 1.86. The Bertz CT molecular complexity index is 502. The molecule has 108 valence electrons. The van der Waals surface area contributed by atoms with E-state index in [4.69, 9.17) is 9.47 Å². The van der Waals surface area contributed by atoms with Gasteiger partial charge in [0.05, 0.1) is 19.8 Å². The molecule has 4 heteroatoms. The van der Waals surface area contributed by atoms with Crippen LogP contribution in [0.15, 0.2) is 18.2 Å². The smallest absolute Gasteiger partial charge is 0.169 e. The lowest BCUT2D eigenvalue weighted by atomic mass is 9.90. The maximum atomic E-state index is 12.8. The quantitative estimate of drug-likeness (QED) is 0.795. The normalized spacial score (nSPS) is 28.2. The van der Waals surface area contributed by atoms with Gasteiger partial charge in [-0.2, -0.15) is 11.8 Å². The van der Waals surface area contributed by atoms with Crippen molar-refractivity contribution < 1.29 is 14.3 Å². The van der Waals surface area contributed by atoms with Crippen LogP contribution in [0.5, 0.6) is 11.5 Å². The monoisotopic (exact) mass is 292 g/mol. The van der Waals surface area contributed by atoms with Crippen molar-refractivity contribution in [1.29, 1.82) is 0 Å². The number of hydrogen-bond acceptors (Lipinski definition) is 4. The van der Waals surface area contributed by atoms with E-state index in [0.29, 0.717) is 27.6 Å². The molecular formula is C16H20O3S. The van der Waals surface area contributed by atoms with E-state index in [9.17, 15) is 4.79 Å². The van der Waals surface area contributed by atoms with Gasteiger partial charge in [0.1, 0.15) is 11.5 Å². The van der Waals surface area contributed by atoms with Crippen LogP contribution in [-0.2, 0) is 0 Å². The fraction of sp³-hybridized carbons (Fsp3) is 0.562. The van der Waals surface area contributed by atoms with Crippen LogP contribution in [0.25, 0.3) is 0 Å². The predicted octanol–water partition coefficient (Wildman–Crippen LogP) is 3.56. The third kappa shape index (κ3) is 2.53. The van der Waals surface area contributed by atoms with E-state index < -0.39 is 0 Å². The fourth-order valence-corrected chi connectivity index (χ4v) is 5.07. The van der Waals surface area contributed by atoms with Crippen molar-refractivity contribution in [2.45, 2.75) is 36.2 Å². The minimum Gasteiger partial charge on any atom is -0.497 e. The molecule has 3 rings (SSSR count). The number of carbonyl (C=O) groups is 1. The van der Waals surface area contributed by atoms with Crippen LogP contribution in [0, 0.1) is 5.92 Å². The summed E-state index contributed by atoms with van der Waals surface area (Å²) in [4.78, 5) is 12.8. The number of benzene rings is 1. The molecule has 0 aliphatic carbocycles. The van der Waals surface area contributed by atoms with Crippen molar-refractivity contribution in [1.82, 2.24) is 0 Å². The molecule has 2 bridgehead atoms. The summed E-state index contributed by atoms with van der Waals surface area (Å²) in [5.74, 6) is 1.73. The lowest BCUT2D eigenvalue weighted by Gasteiger charge is -2.26. The van der Waals surface area contributed by atoms with Gasteiger partial charge < -0.3 is 9.47 Å². The van der Waals surface area contributed by atoms with Crippen molar-refractivity contribution >= 4 is 17.5 Å². The van der Waals surface area contributed by atoms with Crippen molar-refractivity contribution in [2.24, 2.45) is 5.92 Å². The van der Waals surface area contributed by atoms with E-state index in [0.717, 1.165) is 12.8 Å². The largest absolute Gasteiger partial charge is 0.497 e. The number of carbonyl (C=O) groups excluding carboxylic acids is 1. The van der Waals surface area contributed by atoms with Gasteiger partial charge in [-0.25, -0.2) is 0 Å². The van der Waals surface area contributed by atoms with Crippen LogP contribution < -0.4 is 9.47 Å². The van der Waals surface area contributed by atoms with E-state index in [1.807, 2.05) is 18.2 Å². The molecule has 2 atom stereocenters. The first-order chi connectivity index (χ1) is 9.71. The zero-order chi connectivity index (χ0) is 14.1. The molecule has 20 heavy (non-hydrogen) atoms. The summed E-state index contributed by atoms with van der Waals surface area (Å²) >= 11 is 2.08. The lowest BCUT2D eigenvalue weighted by Crippen LogP contribution is -2.25. The molecule has 1 aromatic carbocycles. The van der Waals surface area contributed by atoms with Gasteiger partial charge in [-0.15, -0.1) is 0 Å². The summed E-state index contributed by atoms with van der Waals surface area (Å²) in [5.41, 5.74) is 0.670. The third-order valence-electron chi connectivity index (χ3n) is 4.33. The van der Waals surface area contributed by atoms with E-state index in [-0.39, 0.29) is 11.7 Å². The zero-order valence-electron chi connectivity index (χ0n) is 11.9. The molecule has 0 radical (unpaired) electrons. The van der Waals surface area contributed by atoms with Crippen LogP contribution in [0.2, 0.25) is 0 Å². The number of fused-ring (bicyclic) bond motifs is 2. The van der Waals surface area contributed by atoms with E-state index in [1.165, 1.54) is 12.8 Å². The van der Waals surface area contributed by atoms with E-state index in [2.05, 4.69) is 11.8 Å². The number of hydrogen-bond donors (Lipinski definition) is 0. The molecule has 0 aromatic heterocycles. The minimum atomic E-state index is 0.148. The number of ether oxygens (including phenoxy) is 2. The van der Waals surface area contributed by atoms with Gasteiger partial charge in [0, 0.05) is 16.4 Å². The SMILES string of the molecule is COc1ccc(OC)c(C(=O)C2CC3CCC(C2)S3)c1. The Morgan fingerprint density at radius 1 is 1.15 bits per heavy atom. The van der Waals surface area contributed by atoms with Gasteiger partial charge in [0.2, 0.25) is 0 Å². The minimum absolute atomic E-state index is 0.148. The maximum absolute atomic E-state index is 12.8. The molecule has 2 heterocycles. The van der Waals surface area contributed by atoms with Crippen LogP contribution in [0.4, 0.5) is 0 Å². The Hall–Kier alpha value is -1.16. The highest BCUT2D eigenvalue weighted by Crippen LogP contribution is 2.47. The first kappa shape index (κ1) is 13.8. The molecule has 2 saturated heterocycles. The summed E-state index contributed by atoms with van der Waals surface area (Å²) in [6, 6.07) is 5.46. The maximum Gasteiger partial charge on any atom is 0.169 e. The molecule has 1 aromatic rings. The first-order valence-corrected chi connectivity index (χ1v) is 8.07.